The summed E-state index contributed by atoms with van der Waals surface area (Å²) in [6, 6.07) is 16.5. The number of benzene rings is 2. The largest absolute Gasteiger partial charge is 0.372 e. The van der Waals surface area contributed by atoms with Crippen LogP contribution in [0.1, 0.15) is 17.5 Å². The van der Waals surface area contributed by atoms with E-state index in [1.165, 1.54) is 0 Å². The van der Waals surface area contributed by atoms with Gasteiger partial charge in [0.2, 0.25) is 0 Å². The summed E-state index contributed by atoms with van der Waals surface area (Å²) in [6.07, 6.45) is 0.699. The minimum atomic E-state index is -1.60. The van der Waals surface area contributed by atoms with E-state index < -0.39 is 5.60 Å². The van der Waals surface area contributed by atoms with Crippen molar-refractivity contribution in [2.75, 3.05) is 18.0 Å². The Morgan fingerprint density at radius 1 is 1.05 bits per heavy atom. The highest BCUT2D eigenvalue weighted by atomic mass is 16.3. The second-order valence-corrected chi connectivity index (χ2v) is 5.19. The number of rotatable bonds is 4. The topological polar surface area (TPSA) is 66.6 Å². The summed E-state index contributed by atoms with van der Waals surface area (Å²) in [7, 11) is 0. The third kappa shape index (κ3) is 2.04. The molecule has 3 N–H and O–H groups in total. The summed E-state index contributed by atoms with van der Waals surface area (Å²) in [5.41, 5.74) is 5.94. The lowest BCUT2D eigenvalue weighted by Gasteiger charge is -2.23. The summed E-state index contributed by atoms with van der Waals surface area (Å²) in [5.74, 6) is -0.302. The Balaban J connectivity index is 2.12. The molecule has 1 amide bonds. The molecule has 2 aromatic carbocycles. The Bertz CT molecular complexity index is 657. The van der Waals surface area contributed by atoms with E-state index in [0.717, 1.165) is 5.69 Å². The molecule has 0 fully saturated rings. The molecule has 4 heteroatoms. The number of carbonyl (C=O) groups excluding carboxylic acids is 1. The maximum atomic E-state index is 12.8. The molecule has 3 rings (SSSR count). The second-order valence-electron chi connectivity index (χ2n) is 5.19. The monoisotopic (exact) mass is 282 g/mol. The Hall–Kier alpha value is -2.17. The molecule has 1 aliphatic heterocycles. The first-order valence-corrected chi connectivity index (χ1v) is 7.09. The van der Waals surface area contributed by atoms with Crippen LogP contribution in [0.3, 0.4) is 0 Å². The number of fused-ring (bicyclic) bond motifs is 1. The lowest BCUT2D eigenvalue weighted by molar-refractivity contribution is -0.132. The third-order valence-corrected chi connectivity index (χ3v) is 3.92. The molecule has 0 saturated carbocycles. The minimum Gasteiger partial charge on any atom is -0.372 e. The number of nitrogens with zero attached hydrogens (tertiary/aromatic N) is 1. The van der Waals surface area contributed by atoms with Crippen LogP contribution in [-0.2, 0) is 10.4 Å². The van der Waals surface area contributed by atoms with Crippen LogP contribution >= 0.6 is 0 Å². The van der Waals surface area contributed by atoms with Gasteiger partial charge in [-0.1, -0.05) is 48.5 Å². The first-order valence-electron chi connectivity index (χ1n) is 7.09. The third-order valence-electron chi connectivity index (χ3n) is 3.92. The molecule has 1 aliphatic rings. The van der Waals surface area contributed by atoms with Crippen molar-refractivity contribution in [3.05, 3.63) is 65.7 Å². The molecule has 2 aromatic rings. The molecular formula is C17H18N2O2. The summed E-state index contributed by atoms with van der Waals surface area (Å²) in [5, 5.41) is 11.1. The highest BCUT2D eigenvalue weighted by Gasteiger charge is 2.50. The van der Waals surface area contributed by atoms with E-state index in [1.54, 1.807) is 17.0 Å². The van der Waals surface area contributed by atoms with Crippen molar-refractivity contribution >= 4 is 11.6 Å². The average Bonchev–Trinajstić information content (AvgIpc) is 2.76. The molecule has 108 valence electrons. The highest BCUT2D eigenvalue weighted by Crippen LogP contribution is 2.44. The molecule has 0 radical (unpaired) electrons. The predicted octanol–water partition coefficient (Wildman–Crippen LogP) is 1.62. The maximum absolute atomic E-state index is 12.8. The molecule has 1 heterocycles. The van der Waals surface area contributed by atoms with Gasteiger partial charge in [-0.3, -0.25) is 4.79 Å². The van der Waals surface area contributed by atoms with Crippen molar-refractivity contribution < 1.29 is 9.90 Å². The summed E-state index contributed by atoms with van der Waals surface area (Å²) in [6.45, 7) is 1.03. The van der Waals surface area contributed by atoms with Gasteiger partial charge in [0.1, 0.15) is 0 Å². The minimum absolute atomic E-state index is 0.302. The zero-order valence-corrected chi connectivity index (χ0v) is 11.7. The molecular weight excluding hydrogens is 264 g/mol. The maximum Gasteiger partial charge on any atom is 0.268 e. The van der Waals surface area contributed by atoms with Crippen LogP contribution in [0.4, 0.5) is 5.69 Å². The number of nitrogens with two attached hydrogens (primary N) is 1. The van der Waals surface area contributed by atoms with Gasteiger partial charge in [0.15, 0.2) is 5.60 Å². The van der Waals surface area contributed by atoms with Gasteiger partial charge in [-0.05, 0) is 24.6 Å². The van der Waals surface area contributed by atoms with E-state index in [2.05, 4.69) is 0 Å². The van der Waals surface area contributed by atoms with E-state index in [9.17, 15) is 9.90 Å². The van der Waals surface area contributed by atoms with Gasteiger partial charge >= 0.3 is 0 Å². The van der Waals surface area contributed by atoms with Crippen LogP contribution < -0.4 is 10.6 Å². The van der Waals surface area contributed by atoms with Crippen molar-refractivity contribution in [1.29, 1.82) is 0 Å². The number of aliphatic hydroxyl groups is 1. The molecule has 0 aromatic heterocycles. The lowest BCUT2D eigenvalue weighted by Crippen LogP contribution is -2.41. The fraction of sp³-hybridized carbons (Fsp3) is 0.235. The fourth-order valence-corrected chi connectivity index (χ4v) is 2.86. The van der Waals surface area contributed by atoms with Gasteiger partial charge < -0.3 is 15.7 Å². The molecule has 1 atom stereocenters. The quantitative estimate of drug-likeness (QED) is 0.895. The molecule has 0 spiro atoms. The van der Waals surface area contributed by atoms with Gasteiger partial charge in [0, 0.05) is 12.1 Å². The predicted molar refractivity (Wildman–Crippen MR) is 81.9 cm³/mol. The van der Waals surface area contributed by atoms with Crippen LogP contribution in [0.25, 0.3) is 0 Å². The van der Waals surface area contributed by atoms with Crippen LogP contribution in [-0.4, -0.2) is 24.1 Å². The molecule has 0 saturated heterocycles. The van der Waals surface area contributed by atoms with Crippen molar-refractivity contribution in [3.63, 3.8) is 0 Å². The first kappa shape index (κ1) is 13.8. The van der Waals surface area contributed by atoms with Gasteiger partial charge in [-0.25, -0.2) is 0 Å². The number of amides is 1. The van der Waals surface area contributed by atoms with Crippen LogP contribution in [0.15, 0.2) is 54.6 Å². The SMILES string of the molecule is NCCCN1C(=O)C(O)(c2ccccc2)c2ccccc21. The van der Waals surface area contributed by atoms with Crippen LogP contribution in [0, 0.1) is 0 Å². The Morgan fingerprint density at radius 2 is 1.71 bits per heavy atom. The first-order chi connectivity index (χ1) is 10.2. The Labute approximate surface area is 123 Å². The van der Waals surface area contributed by atoms with Gasteiger partial charge in [0.25, 0.3) is 5.91 Å². The summed E-state index contributed by atoms with van der Waals surface area (Å²) >= 11 is 0. The molecule has 0 bridgehead atoms. The number of carbonyl (C=O) groups is 1. The second kappa shape index (κ2) is 5.31. The molecule has 4 nitrogen and oxygen atoms in total. The summed E-state index contributed by atoms with van der Waals surface area (Å²) < 4.78 is 0. The molecule has 21 heavy (non-hydrogen) atoms. The van der Waals surface area contributed by atoms with E-state index in [1.807, 2.05) is 42.5 Å². The standard InChI is InChI=1S/C17H18N2O2/c18-11-6-12-19-15-10-5-4-9-14(15)17(21,16(19)20)13-7-2-1-3-8-13/h1-5,7-10,21H,6,11-12,18H2. The van der Waals surface area contributed by atoms with Crippen LogP contribution in [0.2, 0.25) is 0 Å². The number of anilines is 1. The number of para-hydroxylation sites is 1. The fourth-order valence-electron chi connectivity index (χ4n) is 2.86. The smallest absolute Gasteiger partial charge is 0.268 e. The van der Waals surface area contributed by atoms with E-state index in [4.69, 9.17) is 5.73 Å². The van der Waals surface area contributed by atoms with Crippen molar-refractivity contribution in [2.24, 2.45) is 5.73 Å². The van der Waals surface area contributed by atoms with E-state index >= 15 is 0 Å². The zero-order chi connectivity index (χ0) is 14.9. The van der Waals surface area contributed by atoms with Crippen LogP contribution in [0.5, 0.6) is 0 Å². The van der Waals surface area contributed by atoms with Gasteiger partial charge in [0.05, 0.1) is 5.69 Å². The van der Waals surface area contributed by atoms with Crippen molar-refractivity contribution in [2.45, 2.75) is 12.0 Å². The Morgan fingerprint density at radius 3 is 2.43 bits per heavy atom. The highest BCUT2D eigenvalue weighted by molar-refractivity contribution is 6.09. The normalized spacial score (nSPS) is 20.7. The van der Waals surface area contributed by atoms with Crippen molar-refractivity contribution in [3.8, 4) is 0 Å². The Kier molecular flexibility index (Phi) is 3.49. The van der Waals surface area contributed by atoms with Gasteiger partial charge in [-0.15, -0.1) is 0 Å². The summed E-state index contributed by atoms with van der Waals surface area (Å²) in [4.78, 5) is 14.5. The van der Waals surface area contributed by atoms with E-state index in [-0.39, 0.29) is 5.91 Å². The van der Waals surface area contributed by atoms with Crippen molar-refractivity contribution in [1.82, 2.24) is 0 Å². The molecule has 0 aliphatic carbocycles. The molecule has 1 unspecified atom stereocenters. The zero-order valence-electron chi connectivity index (χ0n) is 11.7. The number of hydrogen-bond acceptors (Lipinski definition) is 3. The van der Waals surface area contributed by atoms with Gasteiger partial charge in [-0.2, -0.15) is 0 Å². The lowest BCUT2D eigenvalue weighted by atomic mass is 9.88. The van der Waals surface area contributed by atoms with E-state index in [0.29, 0.717) is 30.6 Å². The number of hydrogen-bond donors (Lipinski definition) is 2. The average molecular weight is 282 g/mol.